The molecule has 0 atom stereocenters. The molecule has 0 aromatic heterocycles. The van der Waals surface area contributed by atoms with E-state index < -0.39 is 0 Å². The molecule has 144 valence electrons. The zero-order chi connectivity index (χ0) is 19.8. The van der Waals surface area contributed by atoms with Crippen molar-refractivity contribution in [2.75, 3.05) is 5.43 Å². The van der Waals surface area contributed by atoms with Gasteiger partial charge in [0.15, 0.2) is 0 Å². The van der Waals surface area contributed by atoms with Crippen LogP contribution in [0.1, 0.15) is 11.1 Å². The number of nitrogens with one attached hydrogen (secondary N) is 3. The number of hydrogen-bond acceptors (Lipinski definition) is 3. The molecule has 3 aromatic rings. The molecule has 0 radical (unpaired) electrons. The van der Waals surface area contributed by atoms with Crippen LogP contribution in [-0.4, -0.2) is 6.03 Å². The number of anilines is 1. The Bertz CT molecular complexity index is 919. The van der Waals surface area contributed by atoms with Crippen molar-refractivity contribution in [3.8, 4) is 5.75 Å². The minimum absolute atomic E-state index is 0.331. The monoisotopic (exact) mass is 503 g/mol. The van der Waals surface area contributed by atoms with E-state index in [2.05, 4.69) is 48.0 Å². The van der Waals surface area contributed by atoms with E-state index in [9.17, 15) is 4.79 Å². The Morgan fingerprint density at radius 1 is 0.893 bits per heavy atom. The van der Waals surface area contributed by atoms with Gasteiger partial charge in [-0.05, 0) is 48.0 Å². The summed E-state index contributed by atoms with van der Waals surface area (Å²) >= 11 is 6.84. The highest BCUT2D eigenvalue weighted by Crippen LogP contribution is 2.24. The van der Waals surface area contributed by atoms with E-state index in [1.807, 2.05) is 72.8 Å². The van der Waals surface area contributed by atoms with Gasteiger partial charge in [-0.1, -0.05) is 62.2 Å². The summed E-state index contributed by atoms with van der Waals surface area (Å²) in [5, 5.41) is 2.82. The molecule has 7 heteroatoms. The average molecular weight is 505 g/mol. The number of hydrazine groups is 1. The number of halogens is 2. The van der Waals surface area contributed by atoms with E-state index in [4.69, 9.17) is 4.74 Å². The van der Waals surface area contributed by atoms with Gasteiger partial charge < -0.3 is 10.1 Å². The van der Waals surface area contributed by atoms with E-state index in [0.717, 1.165) is 31.5 Å². The fraction of sp³-hybridized carbons (Fsp3) is 0.0952. The van der Waals surface area contributed by atoms with Crippen LogP contribution in [0.25, 0.3) is 0 Å². The Kier molecular flexibility index (Phi) is 7.33. The standard InChI is InChI=1S/C21H19Br2N3O2/c22-17-6-9-19(10-7-17)25-26-21(27)24-13-16-12-18(23)8-11-20(16)28-14-15-4-2-1-3-5-15/h1-12,25H,13-14H2,(H2,24,26,27). The highest BCUT2D eigenvalue weighted by atomic mass is 79.9. The predicted octanol–water partition coefficient (Wildman–Crippen LogP) is 5.62. The first-order valence-electron chi connectivity index (χ1n) is 8.61. The van der Waals surface area contributed by atoms with Crippen LogP contribution in [0.5, 0.6) is 5.75 Å². The molecule has 0 saturated heterocycles. The Balaban J connectivity index is 1.54. The zero-order valence-corrected chi connectivity index (χ0v) is 18.1. The smallest absolute Gasteiger partial charge is 0.333 e. The molecule has 3 N–H and O–H groups in total. The van der Waals surface area contributed by atoms with Crippen LogP contribution in [0.2, 0.25) is 0 Å². The van der Waals surface area contributed by atoms with Crippen molar-refractivity contribution >= 4 is 43.6 Å². The Morgan fingerprint density at radius 3 is 2.36 bits per heavy atom. The van der Waals surface area contributed by atoms with Crippen LogP contribution in [-0.2, 0) is 13.2 Å². The Hall–Kier alpha value is -2.51. The summed E-state index contributed by atoms with van der Waals surface area (Å²) in [5.41, 5.74) is 8.22. The minimum Gasteiger partial charge on any atom is -0.489 e. The maximum atomic E-state index is 12.1. The number of amides is 2. The van der Waals surface area contributed by atoms with Gasteiger partial charge in [-0.25, -0.2) is 4.79 Å². The lowest BCUT2D eigenvalue weighted by molar-refractivity contribution is 0.242. The first-order valence-corrected chi connectivity index (χ1v) is 10.2. The van der Waals surface area contributed by atoms with Crippen LogP contribution in [0.15, 0.2) is 81.7 Å². The molecule has 3 aromatic carbocycles. The maximum absolute atomic E-state index is 12.1. The first kappa shape index (κ1) is 20.2. The molecule has 3 rings (SSSR count). The predicted molar refractivity (Wildman–Crippen MR) is 118 cm³/mol. The summed E-state index contributed by atoms with van der Waals surface area (Å²) in [6.45, 7) is 0.796. The molecule has 0 bridgehead atoms. The van der Waals surface area contributed by atoms with Crippen molar-refractivity contribution in [2.45, 2.75) is 13.2 Å². The zero-order valence-electron chi connectivity index (χ0n) is 14.9. The molecule has 0 fully saturated rings. The van der Waals surface area contributed by atoms with Crippen molar-refractivity contribution in [1.82, 2.24) is 10.7 Å². The van der Waals surface area contributed by atoms with Crippen LogP contribution < -0.4 is 20.9 Å². The largest absolute Gasteiger partial charge is 0.489 e. The van der Waals surface area contributed by atoms with Crippen LogP contribution in [0.3, 0.4) is 0 Å². The quantitative estimate of drug-likeness (QED) is 0.366. The van der Waals surface area contributed by atoms with E-state index in [-0.39, 0.29) is 6.03 Å². The third kappa shape index (κ3) is 6.28. The highest BCUT2D eigenvalue weighted by Gasteiger charge is 2.08. The van der Waals surface area contributed by atoms with E-state index in [0.29, 0.717) is 13.2 Å². The molecular formula is C21H19Br2N3O2. The number of urea groups is 1. The second-order valence-corrected chi connectivity index (χ2v) is 7.80. The van der Waals surface area contributed by atoms with Crippen molar-refractivity contribution < 1.29 is 9.53 Å². The van der Waals surface area contributed by atoms with Crippen molar-refractivity contribution in [3.63, 3.8) is 0 Å². The molecule has 2 amide bonds. The van der Waals surface area contributed by atoms with Gasteiger partial charge in [0.05, 0.1) is 5.69 Å². The third-order valence-electron chi connectivity index (χ3n) is 3.86. The van der Waals surface area contributed by atoms with E-state index in [1.165, 1.54) is 0 Å². The molecule has 0 aliphatic rings. The lowest BCUT2D eigenvalue weighted by Crippen LogP contribution is -2.38. The SMILES string of the molecule is O=C(NCc1cc(Br)ccc1OCc1ccccc1)NNc1ccc(Br)cc1. The topological polar surface area (TPSA) is 62.4 Å². The first-order chi connectivity index (χ1) is 13.6. The summed E-state index contributed by atoms with van der Waals surface area (Å²) in [6.07, 6.45) is 0. The van der Waals surface area contributed by atoms with Gasteiger partial charge in [-0.2, -0.15) is 0 Å². The van der Waals surface area contributed by atoms with Crippen LogP contribution in [0, 0.1) is 0 Å². The fourth-order valence-electron chi connectivity index (χ4n) is 2.44. The number of ether oxygens (including phenoxy) is 1. The van der Waals surface area contributed by atoms with Gasteiger partial charge in [0.2, 0.25) is 0 Å². The lowest BCUT2D eigenvalue weighted by atomic mass is 10.2. The maximum Gasteiger partial charge on any atom is 0.333 e. The second kappa shape index (κ2) is 10.1. The number of benzene rings is 3. The van der Waals surface area contributed by atoms with Crippen molar-refractivity contribution in [2.24, 2.45) is 0 Å². The molecule has 0 spiro atoms. The molecular weight excluding hydrogens is 486 g/mol. The molecule has 0 unspecified atom stereocenters. The second-order valence-electron chi connectivity index (χ2n) is 5.97. The lowest BCUT2D eigenvalue weighted by Gasteiger charge is -2.14. The summed E-state index contributed by atoms with van der Waals surface area (Å²) < 4.78 is 7.83. The van der Waals surface area contributed by atoms with Crippen molar-refractivity contribution in [1.29, 1.82) is 0 Å². The highest BCUT2D eigenvalue weighted by molar-refractivity contribution is 9.10. The van der Waals surface area contributed by atoms with Crippen LogP contribution >= 0.6 is 31.9 Å². The van der Waals surface area contributed by atoms with E-state index in [1.54, 1.807) is 0 Å². The van der Waals surface area contributed by atoms with Crippen LogP contribution in [0.4, 0.5) is 10.5 Å². The van der Waals surface area contributed by atoms with Gasteiger partial charge in [0.25, 0.3) is 0 Å². The van der Waals surface area contributed by atoms with Gasteiger partial charge in [0, 0.05) is 21.1 Å². The fourth-order valence-corrected chi connectivity index (χ4v) is 3.12. The normalized spacial score (nSPS) is 10.2. The summed E-state index contributed by atoms with van der Waals surface area (Å²) in [4.78, 5) is 12.1. The number of hydrogen-bond donors (Lipinski definition) is 3. The third-order valence-corrected chi connectivity index (χ3v) is 4.89. The van der Waals surface area contributed by atoms with Gasteiger partial charge >= 0.3 is 6.03 Å². The average Bonchev–Trinajstić information content (AvgIpc) is 2.72. The van der Waals surface area contributed by atoms with Gasteiger partial charge in [0.1, 0.15) is 12.4 Å². The van der Waals surface area contributed by atoms with Gasteiger partial charge in [-0.15, -0.1) is 0 Å². The number of carbonyl (C=O) groups excluding carboxylic acids is 1. The van der Waals surface area contributed by atoms with E-state index >= 15 is 0 Å². The summed E-state index contributed by atoms with van der Waals surface area (Å²) in [7, 11) is 0. The summed E-state index contributed by atoms with van der Waals surface area (Å²) in [5.74, 6) is 0.730. The summed E-state index contributed by atoms with van der Waals surface area (Å²) in [6, 6.07) is 22.8. The Morgan fingerprint density at radius 2 is 1.61 bits per heavy atom. The molecule has 0 aliphatic heterocycles. The molecule has 0 aliphatic carbocycles. The molecule has 5 nitrogen and oxygen atoms in total. The van der Waals surface area contributed by atoms with Crippen molar-refractivity contribution in [3.05, 3.63) is 92.9 Å². The molecule has 28 heavy (non-hydrogen) atoms. The number of rotatable bonds is 7. The minimum atomic E-state index is -0.336. The molecule has 0 heterocycles. The van der Waals surface area contributed by atoms with Gasteiger partial charge in [-0.3, -0.25) is 10.9 Å². The number of carbonyl (C=O) groups is 1. The Labute approximate surface area is 180 Å². The molecule has 0 saturated carbocycles.